The second-order valence-electron chi connectivity index (χ2n) is 9.85. The number of rotatable bonds is 11. The van der Waals surface area contributed by atoms with Gasteiger partial charge in [-0.2, -0.15) is 0 Å². The first kappa shape index (κ1) is 26.5. The first-order valence-corrected chi connectivity index (χ1v) is 12.8. The molecule has 0 aliphatic rings. The fourth-order valence-electron chi connectivity index (χ4n) is 4.34. The monoisotopic (exact) mass is 477 g/mol. The summed E-state index contributed by atoms with van der Waals surface area (Å²) in [6.07, 6.45) is 2.01. The number of amides is 1. The molecule has 1 heterocycles. The van der Waals surface area contributed by atoms with E-state index in [2.05, 4.69) is 34.6 Å². The predicted molar refractivity (Wildman–Crippen MR) is 142 cm³/mol. The van der Waals surface area contributed by atoms with Gasteiger partial charge in [0, 0.05) is 13.0 Å². The molecule has 1 unspecified atom stereocenters. The van der Waals surface area contributed by atoms with Gasteiger partial charge in [-0.1, -0.05) is 46.8 Å². The van der Waals surface area contributed by atoms with Gasteiger partial charge in [0.25, 0.3) is 5.56 Å². The summed E-state index contributed by atoms with van der Waals surface area (Å²) in [6.45, 7) is 13.6. The zero-order chi connectivity index (χ0) is 25.5. The molecule has 0 bridgehead atoms. The summed E-state index contributed by atoms with van der Waals surface area (Å²) >= 11 is 0. The van der Waals surface area contributed by atoms with Crippen molar-refractivity contribution >= 4 is 16.8 Å². The van der Waals surface area contributed by atoms with Gasteiger partial charge in [0.05, 0.1) is 29.2 Å². The lowest BCUT2D eigenvalue weighted by molar-refractivity contribution is -0.135. The van der Waals surface area contributed by atoms with Crippen LogP contribution in [0.15, 0.2) is 53.3 Å². The summed E-state index contributed by atoms with van der Waals surface area (Å²) in [6, 6.07) is 14.6. The van der Waals surface area contributed by atoms with Crippen LogP contribution in [0.3, 0.4) is 0 Å². The van der Waals surface area contributed by atoms with Crippen molar-refractivity contribution < 1.29 is 9.53 Å². The lowest BCUT2D eigenvalue weighted by Gasteiger charge is -2.33. The first-order chi connectivity index (χ1) is 16.8. The molecule has 1 aromatic heterocycles. The van der Waals surface area contributed by atoms with E-state index in [4.69, 9.17) is 9.72 Å². The number of para-hydroxylation sites is 1. The van der Waals surface area contributed by atoms with Crippen LogP contribution in [0.5, 0.6) is 5.75 Å². The number of ether oxygens (including phenoxy) is 1. The van der Waals surface area contributed by atoms with Crippen molar-refractivity contribution in [3.8, 4) is 11.4 Å². The molecule has 6 heteroatoms. The largest absolute Gasteiger partial charge is 0.494 e. The molecule has 0 fully saturated rings. The van der Waals surface area contributed by atoms with E-state index in [0.29, 0.717) is 54.3 Å². The van der Waals surface area contributed by atoms with Crippen LogP contribution in [0.2, 0.25) is 0 Å². The molecule has 35 heavy (non-hydrogen) atoms. The van der Waals surface area contributed by atoms with E-state index >= 15 is 0 Å². The lowest BCUT2D eigenvalue weighted by Crippen LogP contribution is -2.40. The van der Waals surface area contributed by atoms with Crippen molar-refractivity contribution in [2.45, 2.75) is 66.8 Å². The average Bonchev–Trinajstić information content (AvgIpc) is 2.82. The van der Waals surface area contributed by atoms with Gasteiger partial charge < -0.3 is 9.64 Å². The van der Waals surface area contributed by atoms with Crippen molar-refractivity contribution in [2.75, 3.05) is 13.2 Å². The lowest BCUT2D eigenvalue weighted by atomic mass is 10.0. The maximum absolute atomic E-state index is 13.8. The number of nitrogens with zero attached hydrogens (tertiary/aromatic N) is 3. The van der Waals surface area contributed by atoms with Crippen LogP contribution >= 0.6 is 0 Å². The number of hydrogen-bond donors (Lipinski definition) is 0. The fourth-order valence-corrected chi connectivity index (χ4v) is 4.34. The molecule has 0 N–H and O–H groups in total. The molecule has 0 saturated carbocycles. The molecule has 0 radical (unpaired) electrons. The summed E-state index contributed by atoms with van der Waals surface area (Å²) in [7, 11) is 0. The second kappa shape index (κ2) is 12.0. The predicted octanol–water partition coefficient (Wildman–Crippen LogP) is 6.16. The molecular formula is C29H39N3O3. The third-order valence-electron chi connectivity index (χ3n) is 6.12. The molecule has 2 aromatic carbocycles. The van der Waals surface area contributed by atoms with E-state index in [0.717, 1.165) is 12.2 Å². The molecule has 0 saturated heterocycles. The van der Waals surface area contributed by atoms with Crippen LogP contribution in [0.4, 0.5) is 0 Å². The van der Waals surface area contributed by atoms with E-state index in [-0.39, 0.29) is 23.4 Å². The van der Waals surface area contributed by atoms with Gasteiger partial charge in [-0.15, -0.1) is 0 Å². The fraction of sp³-hybridized carbons (Fsp3) is 0.483. The minimum atomic E-state index is -0.316. The molecule has 3 rings (SSSR count). The van der Waals surface area contributed by atoms with Crippen LogP contribution in [-0.2, 0) is 4.79 Å². The SMILES string of the molecule is CCOc1ccc(-n2c(C(CC)N(CCC(C)C)C(=O)CC(C)C)nc3ccccc3c2=O)cc1. The highest BCUT2D eigenvalue weighted by Gasteiger charge is 2.29. The zero-order valence-corrected chi connectivity index (χ0v) is 22.0. The summed E-state index contributed by atoms with van der Waals surface area (Å²) in [5.74, 6) is 2.16. The van der Waals surface area contributed by atoms with Gasteiger partial charge in [0.1, 0.15) is 11.6 Å². The number of carbonyl (C=O) groups is 1. The van der Waals surface area contributed by atoms with Crippen LogP contribution in [0, 0.1) is 11.8 Å². The molecule has 1 atom stereocenters. The van der Waals surface area contributed by atoms with Crippen molar-refractivity contribution in [3.05, 3.63) is 64.7 Å². The van der Waals surface area contributed by atoms with Gasteiger partial charge >= 0.3 is 0 Å². The Kier molecular flexibility index (Phi) is 9.07. The van der Waals surface area contributed by atoms with Gasteiger partial charge in [0.2, 0.25) is 5.91 Å². The molecular weight excluding hydrogens is 438 g/mol. The molecule has 6 nitrogen and oxygen atoms in total. The molecule has 188 valence electrons. The van der Waals surface area contributed by atoms with Crippen LogP contribution in [-0.4, -0.2) is 33.5 Å². The van der Waals surface area contributed by atoms with Gasteiger partial charge in [-0.3, -0.25) is 14.2 Å². The van der Waals surface area contributed by atoms with E-state index < -0.39 is 0 Å². The molecule has 1 amide bonds. The van der Waals surface area contributed by atoms with Crippen molar-refractivity contribution in [1.82, 2.24) is 14.5 Å². The van der Waals surface area contributed by atoms with E-state index in [9.17, 15) is 9.59 Å². The third-order valence-corrected chi connectivity index (χ3v) is 6.12. The highest BCUT2D eigenvalue weighted by Crippen LogP contribution is 2.28. The highest BCUT2D eigenvalue weighted by molar-refractivity contribution is 5.79. The van der Waals surface area contributed by atoms with Crippen LogP contribution in [0.1, 0.15) is 72.7 Å². The number of carbonyl (C=O) groups excluding carboxylic acids is 1. The Bertz CT molecular complexity index is 1180. The van der Waals surface area contributed by atoms with Crippen molar-refractivity contribution in [3.63, 3.8) is 0 Å². The Balaban J connectivity index is 2.22. The Morgan fingerprint density at radius 2 is 1.69 bits per heavy atom. The Morgan fingerprint density at radius 1 is 1.00 bits per heavy atom. The molecule has 0 aliphatic heterocycles. The normalized spacial score (nSPS) is 12.3. The van der Waals surface area contributed by atoms with Crippen molar-refractivity contribution in [2.24, 2.45) is 11.8 Å². The van der Waals surface area contributed by atoms with E-state index in [1.807, 2.05) is 54.3 Å². The Labute approximate surface area is 208 Å². The maximum Gasteiger partial charge on any atom is 0.266 e. The van der Waals surface area contributed by atoms with Gasteiger partial charge in [-0.05, 0) is 68.0 Å². The topological polar surface area (TPSA) is 64.4 Å². The number of benzene rings is 2. The summed E-state index contributed by atoms with van der Waals surface area (Å²) in [5.41, 5.74) is 1.23. The van der Waals surface area contributed by atoms with Gasteiger partial charge in [0.15, 0.2) is 0 Å². The molecule has 0 aliphatic carbocycles. The molecule has 0 spiro atoms. The van der Waals surface area contributed by atoms with Crippen molar-refractivity contribution in [1.29, 1.82) is 0 Å². The second-order valence-corrected chi connectivity index (χ2v) is 9.85. The third kappa shape index (κ3) is 6.30. The highest BCUT2D eigenvalue weighted by atomic mass is 16.5. The minimum absolute atomic E-state index is 0.105. The Morgan fingerprint density at radius 3 is 2.29 bits per heavy atom. The number of fused-ring (bicyclic) bond motifs is 1. The van der Waals surface area contributed by atoms with Crippen LogP contribution < -0.4 is 10.3 Å². The van der Waals surface area contributed by atoms with E-state index in [1.165, 1.54) is 0 Å². The standard InChI is InChI=1S/C29H39N3O3/c1-7-26(31(18-17-20(3)4)27(33)19-21(5)6)28-30-25-12-10-9-11-24(25)29(34)32(28)22-13-15-23(16-14-22)35-8-2/h9-16,20-21,26H,7-8,17-19H2,1-6H3. The van der Waals surface area contributed by atoms with E-state index in [1.54, 1.807) is 10.6 Å². The smallest absolute Gasteiger partial charge is 0.266 e. The molecule has 3 aromatic rings. The average molecular weight is 478 g/mol. The number of aromatic nitrogens is 2. The van der Waals surface area contributed by atoms with Gasteiger partial charge in [-0.25, -0.2) is 4.98 Å². The minimum Gasteiger partial charge on any atom is -0.494 e. The van der Waals surface area contributed by atoms with Crippen LogP contribution in [0.25, 0.3) is 16.6 Å². The summed E-state index contributed by atoms with van der Waals surface area (Å²) in [4.78, 5) is 34.2. The summed E-state index contributed by atoms with van der Waals surface area (Å²) in [5, 5.41) is 0.558. The summed E-state index contributed by atoms with van der Waals surface area (Å²) < 4.78 is 7.28. The zero-order valence-electron chi connectivity index (χ0n) is 22.0. The first-order valence-electron chi connectivity index (χ1n) is 12.8. The number of hydrogen-bond acceptors (Lipinski definition) is 4. The quantitative estimate of drug-likeness (QED) is 0.332. The maximum atomic E-state index is 13.8. The Hall–Kier alpha value is -3.15.